The molecule has 2 aliphatic rings. The number of alkyl halides is 3. The molecule has 2 aromatic rings. The van der Waals surface area contributed by atoms with Crippen LogP contribution >= 0.6 is 34.8 Å². The van der Waals surface area contributed by atoms with Crippen LogP contribution in [0.2, 0.25) is 0 Å². The van der Waals surface area contributed by atoms with Crippen molar-refractivity contribution >= 4 is 40.7 Å². The lowest BCUT2D eigenvalue weighted by molar-refractivity contribution is -0.349. The number of carbonyl (C=O) groups is 1. The maximum absolute atomic E-state index is 12.6. The summed E-state index contributed by atoms with van der Waals surface area (Å²) in [6.07, 6.45) is -3.23. The predicted molar refractivity (Wildman–Crippen MR) is 128 cm³/mol. The van der Waals surface area contributed by atoms with Gasteiger partial charge >= 0.3 is 0 Å². The minimum atomic E-state index is -2.17. The molecule has 2 fully saturated rings. The molecule has 0 spiro atoms. The highest BCUT2D eigenvalue weighted by Gasteiger charge is 2.52. The molecule has 0 radical (unpaired) electrons. The van der Waals surface area contributed by atoms with Crippen molar-refractivity contribution in [3.63, 3.8) is 0 Å². The summed E-state index contributed by atoms with van der Waals surface area (Å²) < 4.78 is 28.4. The molecular formula is C24H26Cl3NO6. The minimum Gasteiger partial charge on any atom is -0.368 e. The Labute approximate surface area is 213 Å². The molecule has 6 atom stereocenters. The fourth-order valence-corrected chi connectivity index (χ4v) is 4.17. The van der Waals surface area contributed by atoms with Gasteiger partial charge in [-0.15, -0.1) is 0 Å². The van der Waals surface area contributed by atoms with E-state index in [1.54, 1.807) is 0 Å². The van der Waals surface area contributed by atoms with Crippen LogP contribution in [0.3, 0.4) is 0 Å². The molecule has 0 aliphatic carbocycles. The van der Waals surface area contributed by atoms with Crippen LogP contribution in [0.25, 0.3) is 0 Å². The van der Waals surface area contributed by atoms with Gasteiger partial charge in [0.05, 0.1) is 13.2 Å². The average Bonchev–Trinajstić information content (AvgIpc) is 2.84. The van der Waals surface area contributed by atoms with E-state index in [9.17, 15) is 4.79 Å². The highest BCUT2D eigenvalue weighted by Crippen LogP contribution is 2.36. The first-order valence-electron chi connectivity index (χ1n) is 11.0. The van der Waals surface area contributed by atoms with Gasteiger partial charge in [-0.3, -0.25) is 4.79 Å². The van der Waals surface area contributed by atoms with Gasteiger partial charge in [-0.05, 0) is 12.5 Å². The number of nitrogens with one attached hydrogen (secondary N) is 1. The molecule has 34 heavy (non-hydrogen) atoms. The number of amides is 1. The summed E-state index contributed by atoms with van der Waals surface area (Å²) in [5.74, 6) is -0.811. The minimum absolute atomic E-state index is 0.254. The Balaban J connectivity index is 1.62. The lowest BCUT2D eigenvalue weighted by Crippen LogP contribution is -2.68. The van der Waals surface area contributed by atoms with Crippen molar-refractivity contribution in [1.82, 2.24) is 5.32 Å². The van der Waals surface area contributed by atoms with Crippen molar-refractivity contribution in [3.8, 4) is 0 Å². The van der Waals surface area contributed by atoms with Crippen molar-refractivity contribution in [3.05, 3.63) is 71.8 Å². The van der Waals surface area contributed by atoms with E-state index in [1.807, 2.05) is 67.6 Å². The summed E-state index contributed by atoms with van der Waals surface area (Å²) in [4.78, 5) is 12.6. The molecule has 10 heteroatoms. The van der Waals surface area contributed by atoms with E-state index in [4.69, 9.17) is 58.5 Å². The second kappa shape index (κ2) is 11.5. The third-order valence-corrected chi connectivity index (χ3v) is 6.10. The first-order chi connectivity index (χ1) is 16.4. The van der Waals surface area contributed by atoms with Gasteiger partial charge in [0.1, 0.15) is 24.4 Å². The number of fused-ring (bicyclic) bond motifs is 1. The van der Waals surface area contributed by atoms with E-state index in [1.165, 1.54) is 0 Å². The Morgan fingerprint density at radius 3 is 2.35 bits per heavy atom. The fourth-order valence-electron chi connectivity index (χ4n) is 4.01. The number of hydrogen-bond acceptors (Lipinski definition) is 6. The molecule has 0 aromatic heterocycles. The van der Waals surface area contributed by atoms with Gasteiger partial charge in [-0.2, -0.15) is 0 Å². The van der Waals surface area contributed by atoms with E-state index in [0.717, 1.165) is 11.1 Å². The summed E-state index contributed by atoms with van der Waals surface area (Å²) in [7, 11) is 0. The number of carbonyl (C=O) groups excluding carboxylic acids is 1. The van der Waals surface area contributed by atoms with E-state index < -0.39 is 46.6 Å². The highest BCUT2D eigenvalue weighted by molar-refractivity contribution is 6.76. The summed E-state index contributed by atoms with van der Waals surface area (Å²) in [5.41, 5.74) is 1.81. The van der Waals surface area contributed by atoms with Crippen LogP contribution in [0.15, 0.2) is 60.7 Å². The Bertz CT molecular complexity index is 929. The molecule has 2 aliphatic heterocycles. The quantitative estimate of drug-likeness (QED) is 0.538. The lowest BCUT2D eigenvalue weighted by atomic mass is 9.95. The molecule has 2 aromatic carbocycles. The van der Waals surface area contributed by atoms with E-state index in [-0.39, 0.29) is 13.2 Å². The maximum atomic E-state index is 12.6. The summed E-state index contributed by atoms with van der Waals surface area (Å²) >= 11 is 17.5. The molecule has 1 N–H and O–H groups in total. The predicted octanol–water partition coefficient (Wildman–Crippen LogP) is 4.30. The molecule has 184 valence electrons. The number of hydrogen-bond donors (Lipinski definition) is 1. The number of rotatable bonds is 7. The van der Waals surface area contributed by atoms with Gasteiger partial charge in [0, 0.05) is 12.2 Å². The molecule has 7 nitrogen and oxygen atoms in total. The summed E-state index contributed by atoms with van der Waals surface area (Å²) in [6, 6.07) is 18.4. The van der Waals surface area contributed by atoms with Crippen LogP contribution in [-0.2, 0) is 35.1 Å². The molecule has 0 bridgehead atoms. The maximum Gasteiger partial charge on any atom is 0.272 e. The Hall–Kier alpha value is -1.42. The largest absolute Gasteiger partial charge is 0.368 e. The monoisotopic (exact) mass is 529 g/mol. The third-order valence-electron chi connectivity index (χ3n) is 5.58. The van der Waals surface area contributed by atoms with Crippen LogP contribution < -0.4 is 5.32 Å². The number of halogens is 3. The second-order valence-corrected chi connectivity index (χ2v) is 10.2. The van der Waals surface area contributed by atoms with Crippen LogP contribution in [0, 0.1) is 0 Å². The van der Waals surface area contributed by atoms with Crippen LogP contribution in [0.5, 0.6) is 0 Å². The van der Waals surface area contributed by atoms with E-state index in [0.29, 0.717) is 6.61 Å². The van der Waals surface area contributed by atoms with Crippen molar-refractivity contribution in [2.45, 2.75) is 54.3 Å². The molecule has 0 saturated carbocycles. The van der Waals surface area contributed by atoms with Gasteiger partial charge < -0.3 is 29.0 Å². The zero-order valence-corrected chi connectivity index (χ0v) is 20.7. The molecule has 2 heterocycles. The highest BCUT2D eigenvalue weighted by atomic mass is 35.6. The van der Waals surface area contributed by atoms with Gasteiger partial charge in [0.15, 0.2) is 12.6 Å². The van der Waals surface area contributed by atoms with Gasteiger partial charge in [0.25, 0.3) is 9.70 Å². The standard InChI is InChI=1S/C24H26Cl3NO6/c1-2-30-22-18(28-23(29)24(25,26)27)20(31-13-15-9-5-3-6-10-15)19-17(33-22)14-32-21(34-19)16-11-7-4-8-12-16/h3-12,17-22H,2,13-14H2,1H3,(H,28,29)/t17-,18-,19-,20-,21?,22+/m1/s1. The SMILES string of the molecule is CCO[C@H]1O[C@@H]2COC(c3ccccc3)O[C@H]2[C@H](OCc2ccccc2)[C@H]1NC(=O)C(Cl)(Cl)Cl. The van der Waals surface area contributed by atoms with Crippen molar-refractivity contribution in [2.24, 2.45) is 0 Å². The first-order valence-corrected chi connectivity index (χ1v) is 12.1. The Kier molecular flexibility index (Phi) is 8.71. The number of benzene rings is 2. The van der Waals surface area contributed by atoms with E-state index in [2.05, 4.69) is 5.32 Å². The van der Waals surface area contributed by atoms with Crippen molar-refractivity contribution in [2.75, 3.05) is 13.2 Å². The van der Waals surface area contributed by atoms with Crippen LogP contribution in [0.4, 0.5) is 0 Å². The van der Waals surface area contributed by atoms with Gasteiger partial charge in [-0.1, -0.05) is 95.5 Å². The normalized spacial score (nSPS) is 29.3. The van der Waals surface area contributed by atoms with Crippen molar-refractivity contribution in [1.29, 1.82) is 0 Å². The fraction of sp³-hybridized carbons (Fsp3) is 0.458. The smallest absolute Gasteiger partial charge is 0.272 e. The third kappa shape index (κ3) is 6.22. The molecule has 1 unspecified atom stereocenters. The zero-order valence-electron chi connectivity index (χ0n) is 18.4. The van der Waals surface area contributed by atoms with Crippen LogP contribution in [-0.4, -0.2) is 53.6 Å². The van der Waals surface area contributed by atoms with Crippen LogP contribution in [0.1, 0.15) is 24.3 Å². The first kappa shape index (κ1) is 25.7. The average molecular weight is 531 g/mol. The summed E-state index contributed by atoms with van der Waals surface area (Å²) in [6.45, 7) is 2.68. The number of ether oxygens (including phenoxy) is 5. The second-order valence-electron chi connectivity index (χ2n) is 7.93. The van der Waals surface area contributed by atoms with Gasteiger partial charge in [0.2, 0.25) is 0 Å². The lowest BCUT2D eigenvalue weighted by Gasteiger charge is -2.49. The molecular weight excluding hydrogens is 505 g/mol. The summed E-state index contributed by atoms with van der Waals surface area (Å²) in [5, 5.41) is 2.74. The zero-order chi connectivity index (χ0) is 24.1. The molecule has 4 rings (SSSR count). The topological polar surface area (TPSA) is 75.2 Å². The van der Waals surface area contributed by atoms with Gasteiger partial charge in [-0.25, -0.2) is 0 Å². The van der Waals surface area contributed by atoms with Crippen molar-refractivity contribution < 1.29 is 28.5 Å². The molecule has 1 amide bonds. The molecule has 2 saturated heterocycles. The Morgan fingerprint density at radius 2 is 1.71 bits per heavy atom. The van der Waals surface area contributed by atoms with E-state index >= 15 is 0 Å². The Morgan fingerprint density at radius 1 is 1.03 bits per heavy atom.